The first kappa shape index (κ1) is 20.2. The van der Waals surface area contributed by atoms with Gasteiger partial charge < -0.3 is 9.30 Å². The molecule has 2 aromatic carbocycles. The first-order valence-electron chi connectivity index (χ1n) is 10.3. The standard InChI is InChI=1S/C26H21N3O2S/c1-18(30)24-16-29(15-19-5-7-20(8-6-19)26-28-12-13-32-26)25-10-9-22(14-23(24)25)31-17-21-4-2-3-11-27-21/h2-14,16H,15,17H2,1H3. The number of Topliss-reactive ketones (excluding diaryl/α,β-unsaturated/α-hetero) is 1. The number of fused-ring (bicyclic) bond motifs is 1. The number of carbonyl (C=O) groups excluding carboxylic acids is 1. The van der Waals surface area contributed by atoms with Gasteiger partial charge in [0, 0.05) is 52.5 Å². The van der Waals surface area contributed by atoms with Gasteiger partial charge in [-0.2, -0.15) is 0 Å². The van der Waals surface area contributed by atoms with Gasteiger partial charge in [0.1, 0.15) is 17.4 Å². The third-order valence-electron chi connectivity index (χ3n) is 5.33. The Hall–Kier alpha value is -3.77. The van der Waals surface area contributed by atoms with Crippen molar-refractivity contribution >= 4 is 28.0 Å². The fourth-order valence-electron chi connectivity index (χ4n) is 3.73. The summed E-state index contributed by atoms with van der Waals surface area (Å²) in [5.41, 5.74) is 4.83. The van der Waals surface area contributed by atoms with Gasteiger partial charge in [-0.05, 0) is 42.8 Å². The van der Waals surface area contributed by atoms with Crippen molar-refractivity contribution in [1.29, 1.82) is 0 Å². The van der Waals surface area contributed by atoms with Crippen molar-refractivity contribution in [2.75, 3.05) is 0 Å². The Kier molecular flexibility index (Phi) is 5.52. The van der Waals surface area contributed by atoms with Crippen molar-refractivity contribution in [3.8, 4) is 16.3 Å². The van der Waals surface area contributed by atoms with E-state index >= 15 is 0 Å². The molecule has 0 saturated heterocycles. The molecule has 158 valence electrons. The van der Waals surface area contributed by atoms with Gasteiger partial charge in [-0.15, -0.1) is 11.3 Å². The van der Waals surface area contributed by atoms with Gasteiger partial charge >= 0.3 is 0 Å². The van der Waals surface area contributed by atoms with Crippen LogP contribution in [-0.4, -0.2) is 20.3 Å². The lowest BCUT2D eigenvalue weighted by Crippen LogP contribution is -1.99. The zero-order valence-corrected chi connectivity index (χ0v) is 18.4. The number of pyridine rings is 1. The topological polar surface area (TPSA) is 57.0 Å². The van der Waals surface area contributed by atoms with Gasteiger partial charge in [0.05, 0.1) is 5.69 Å². The fourth-order valence-corrected chi connectivity index (χ4v) is 4.38. The summed E-state index contributed by atoms with van der Waals surface area (Å²) in [6.45, 7) is 2.66. The summed E-state index contributed by atoms with van der Waals surface area (Å²) in [4.78, 5) is 21.0. The Balaban J connectivity index is 1.41. The van der Waals surface area contributed by atoms with Crippen LogP contribution in [0.1, 0.15) is 28.5 Å². The summed E-state index contributed by atoms with van der Waals surface area (Å²) < 4.78 is 8.04. The molecule has 0 aliphatic heterocycles. The molecule has 0 fully saturated rings. The second kappa shape index (κ2) is 8.77. The third-order valence-corrected chi connectivity index (χ3v) is 6.15. The lowest BCUT2D eigenvalue weighted by atomic mass is 10.1. The van der Waals surface area contributed by atoms with Crippen LogP contribution < -0.4 is 4.74 Å². The molecule has 0 spiro atoms. The molecular formula is C26H21N3O2S. The molecule has 0 unspecified atom stereocenters. The Morgan fingerprint density at radius 2 is 1.91 bits per heavy atom. The summed E-state index contributed by atoms with van der Waals surface area (Å²) >= 11 is 1.63. The summed E-state index contributed by atoms with van der Waals surface area (Å²) in [5.74, 6) is 0.756. The molecule has 5 nitrogen and oxygen atoms in total. The van der Waals surface area contributed by atoms with Crippen LogP contribution >= 0.6 is 11.3 Å². The predicted octanol–water partition coefficient (Wildman–Crippen LogP) is 5.99. The summed E-state index contributed by atoms with van der Waals surface area (Å²) in [5, 5.41) is 3.89. The van der Waals surface area contributed by atoms with E-state index in [1.54, 1.807) is 24.5 Å². The van der Waals surface area contributed by atoms with Crippen LogP contribution in [0.15, 0.2) is 84.6 Å². The van der Waals surface area contributed by atoms with E-state index in [1.165, 1.54) is 0 Å². The van der Waals surface area contributed by atoms with Gasteiger partial charge in [0.2, 0.25) is 0 Å². The number of rotatable bonds is 7. The average Bonchev–Trinajstić information content (AvgIpc) is 3.48. The van der Waals surface area contributed by atoms with E-state index in [0.29, 0.717) is 18.7 Å². The van der Waals surface area contributed by atoms with Crippen molar-refractivity contribution in [1.82, 2.24) is 14.5 Å². The van der Waals surface area contributed by atoms with Gasteiger partial charge in [0.25, 0.3) is 0 Å². The van der Waals surface area contributed by atoms with Crippen molar-refractivity contribution in [3.63, 3.8) is 0 Å². The van der Waals surface area contributed by atoms with E-state index < -0.39 is 0 Å². The summed E-state index contributed by atoms with van der Waals surface area (Å²) in [7, 11) is 0. The minimum atomic E-state index is 0.0368. The Labute approximate surface area is 190 Å². The molecule has 0 aliphatic carbocycles. The number of hydrogen-bond acceptors (Lipinski definition) is 5. The Bertz CT molecular complexity index is 1360. The van der Waals surface area contributed by atoms with Crippen LogP contribution in [0.5, 0.6) is 5.75 Å². The maximum absolute atomic E-state index is 12.3. The van der Waals surface area contributed by atoms with Crippen molar-refractivity contribution in [2.24, 2.45) is 0 Å². The quantitative estimate of drug-likeness (QED) is 0.292. The lowest BCUT2D eigenvalue weighted by molar-refractivity contribution is 0.101. The highest BCUT2D eigenvalue weighted by atomic mass is 32.1. The van der Waals surface area contributed by atoms with Crippen LogP contribution in [-0.2, 0) is 13.2 Å². The van der Waals surface area contributed by atoms with Crippen molar-refractivity contribution in [2.45, 2.75) is 20.1 Å². The number of thiazole rings is 1. The zero-order chi connectivity index (χ0) is 21.9. The van der Waals surface area contributed by atoms with Crippen LogP contribution in [0.2, 0.25) is 0 Å². The molecule has 3 heterocycles. The summed E-state index contributed by atoms with van der Waals surface area (Å²) in [6.07, 6.45) is 5.50. The molecule has 3 aromatic heterocycles. The van der Waals surface area contributed by atoms with E-state index in [1.807, 2.05) is 54.2 Å². The van der Waals surface area contributed by atoms with Crippen LogP contribution in [0, 0.1) is 0 Å². The van der Waals surface area contributed by atoms with E-state index in [4.69, 9.17) is 4.74 Å². The minimum absolute atomic E-state index is 0.0368. The number of aromatic nitrogens is 3. The average molecular weight is 440 g/mol. The number of nitrogens with zero attached hydrogens (tertiary/aromatic N) is 3. The largest absolute Gasteiger partial charge is 0.487 e. The van der Waals surface area contributed by atoms with Gasteiger partial charge in [-0.1, -0.05) is 30.3 Å². The highest BCUT2D eigenvalue weighted by Crippen LogP contribution is 2.28. The van der Waals surface area contributed by atoms with Gasteiger partial charge in [-0.25, -0.2) is 4.98 Å². The fraction of sp³-hybridized carbons (Fsp3) is 0.115. The van der Waals surface area contributed by atoms with E-state index in [2.05, 4.69) is 38.8 Å². The second-order valence-electron chi connectivity index (χ2n) is 7.55. The molecule has 0 saturated carbocycles. The monoisotopic (exact) mass is 439 g/mol. The van der Waals surface area contributed by atoms with E-state index in [-0.39, 0.29) is 5.78 Å². The Morgan fingerprint density at radius 3 is 2.62 bits per heavy atom. The summed E-state index contributed by atoms with van der Waals surface area (Å²) in [6, 6.07) is 20.0. The van der Waals surface area contributed by atoms with Gasteiger partial charge in [0.15, 0.2) is 5.78 Å². The second-order valence-corrected chi connectivity index (χ2v) is 8.44. The van der Waals surface area contributed by atoms with Crippen LogP contribution in [0.25, 0.3) is 21.5 Å². The molecule has 0 N–H and O–H groups in total. The highest BCUT2D eigenvalue weighted by Gasteiger charge is 2.14. The molecule has 6 heteroatoms. The number of ether oxygens (including phenoxy) is 1. The predicted molar refractivity (Wildman–Crippen MR) is 127 cm³/mol. The van der Waals surface area contributed by atoms with E-state index in [0.717, 1.165) is 38.5 Å². The zero-order valence-electron chi connectivity index (χ0n) is 17.6. The minimum Gasteiger partial charge on any atom is -0.487 e. The maximum atomic E-state index is 12.3. The third kappa shape index (κ3) is 4.18. The molecule has 0 bridgehead atoms. The van der Waals surface area contributed by atoms with Crippen molar-refractivity contribution < 1.29 is 9.53 Å². The normalized spacial score (nSPS) is 11.0. The Morgan fingerprint density at radius 1 is 1.03 bits per heavy atom. The molecule has 0 radical (unpaired) electrons. The lowest BCUT2D eigenvalue weighted by Gasteiger charge is -2.08. The molecule has 5 rings (SSSR count). The number of carbonyl (C=O) groups is 1. The molecule has 0 atom stereocenters. The molecule has 32 heavy (non-hydrogen) atoms. The highest BCUT2D eigenvalue weighted by molar-refractivity contribution is 7.13. The molecule has 0 amide bonds. The molecular weight excluding hydrogens is 418 g/mol. The number of hydrogen-bond donors (Lipinski definition) is 0. The first-order valence-corrected chi connectivity index (χ1v) is 11.2. The number of ketones is 1. The molecule has 5 aromatic rings. The molecule has 0 aliphatic rings. The number of benzene rings is 2. The van der Waals surface area contributed by atoms with Crippen LogP contribution in [0.3, 0.4) is 0 Å². The van der Waals surface area contributed by atoms with E-state index in [9.17, 15) is 4.79 Å². The van der Waals surface area contributed by atoms with Crippen molar-refractivity contribution in [3.05, 3.63) is 101 Å². The first-order chi connectivity index (χ1) is 15.7. The smallest absolute Gasteiger partial charge is 0.161 e. The SMILES string of the molecule is CC(=O)c1cn(Cc2ccc(-c3nccs3)cc2)c2ccc(OCc3ccccn3)cc12. The van der Waals surface area contributed by atoms with Gasteiger partial charge in [-0.3, -0.25) is 9.78 Å². The maximum Gasteiger partial charge on any atom is 0.161 e. The van der Waals surface area contributed by atoms with Crippen LogP contribution in [0.4, 0.5) is 0 Å².